The molecule has 0 radical (unpaired) electrons. The number of sulfone groups is 1. The van der Waals surface area contributed by atoms with Crippen molar-refractivity contribution >= 4 is 34.0 Å². The summed E-state index contributed by atoms with van der Waals surface area (Å²) in [5.74, 6) is 1.75. The Bertz CT molecular complexity index is 845. The topological polar surface area (TPSA) is 90.9 Å². The Kier molecular flexibility index (Phi) is 7.45. The van der Waals surface area contributed by atoms with Crippen LogP contribution in [-0.2, 0) is 16.3 Å². The first-order chi connectivity index (χ1) is 12.0. The van der Waals surface area contributed by atoms with Crippen LogP contribution in [0.15, 0.2) is 29.4 Å². The van der Waals surface area contributed by atoms with E-state index in [4.69, 9.17) is 5.73 Å². The Morgan fingerprint density at radius 3 is 2.73 bits per heavy atom. The maximum atomic E-state index is 14.2. The Morgan fingerprint density at radius 1 is 1.31 bits per heavy atom. The Hall–Kier alpha value is -1.16. The lowest BCUT2D eigenvalue weighted by Crippen LogP contribution is -2.11. The largest absolute Gasteiger partial charge is 0.330 e. The van der Waals surface area contributed by atoms with Gasteiger partial charge in [-0.25, -0.2) is 12.8 Å². The van der Waals surface area contributed by atoms with Crippen LogP contribution >= 0.6 is 24.2 Å². The van der Waals surface area contributed by atoms with E-state index in [1.807, 2.05) is 0 Å². The third-order valence-electron chi connectivity index (χ3n) is 4.25. The standard InChI is InChI=1S/C16H21FN4O2S2.ClH/c17-13-3-1-2-4-14(13)21-15(5-8-18)19-20-16(21)24-9-6-12-7-10-25(22,23)11-12;/h1-4,12H,5-11,18H2;1H. The third kappa shape index (κ3) is 4.97. The molecule has 2 aromatic rings. The van der Waals surface area contributed by atoms with Gasteiger partial charge in [-0.3, -0.25) is 4.57 Å². The van der Waals surface area contributed by atoms with Crippen molar-refractivity contribution in [1.29, 1.82) is 0 Å². The normalized spacial score (nSPS) is 18.6. The SMILES string of the molecule is Cl.NCCc1nnc(SCCC2CCS(=O)(=O)C2)n1-c1ccccc1F. The van der Waals surface area contributed by atoms with Gasteiger partial charge in [0.2, 0.25) is 0 Å². The zero-order valence-electron chi connectivity index (χ0n) is 14.2. The van der Waals surface area contributed by atoms with Crippen LogP contribution in [0.5, 0.6) is 0 Å². The molecule has 0 aliphatic carbocycles. The highest BCUT2D eigenvalue weighted by Gasteiger charge is 2.27. The van der Waals surface area contributed by atoms with Crippen molar-refractivity contribution in [2.75, 3.05) is 23.8 Å². The lowest BCUT2D eigenvalue weighted by molar-refractivity contribution is 0.573. The number of nitrogens with two attached hydrogens (primary N) is 1. The molecule has 1 aliphatic rings. The summed E-state index contributed by atoms with van der Waals surface area (Å²) in [6.07, 6.45) is 2.02. The highest BCUT2D eigenvalue weighted by Crippen LogP contribution is 2.28. The number of para-hydroxylation sites is 1. The molecule has 0 saturated carbocycles. The summed E-state index contributed by atoms with van der Waals surface area (Å²) in [6.45, 7) is 0.400. The number of halogens is 2. The van der Waals surface area contributed by atoms with Crippen molar-refractivity contribution in [3.05, 3.63) is 35.9 Å². The molecular formula is C16H22ClFN4O2S2. The van der Waals surface area contributed by atoms with E-state index in [-0.39, 0.29) is 35.6 Å². The highest BCUT2D eigenvalue weighted by molar-refractivity contribution is 7.99. The van der Waals surface area contributed by atoms with Crippen molar-refractivity contribution in [2.45, 2.75) is 24.4 Å². The molecule has 1 aromatic carbocycles. The van der Waals surface area contributed by atoms with E-state index in [2.05, 4.69) is 10.2 Å². The highest BCUT2D eigenvalue weighted by atomic mass is 35.5. The van der Waals surface area contributed by atoms with Gasteiger partial charge in [0.1, 0.15) is 11.6 Å². The zero-order valence-corrected chi connectivity index (χ0v) is 16.6. The van der Waals surface area contributed by atoms with Crippen LogP contribution in [0.1, 0.15) is 18.7 Å². The molecular weight excluding hydrogens is 399 g/mol. The van der Waals surface area contributed by atoms with Crippen LogP contribution in [0.25, 0.3) is 5.69 Å². The minimum atomic E-state index is -2.86. The predicted molar refractivity (Wildman–Crippen MR) is 103 cm³/mol. The van der Waals surface area contributed by atoms with E-state index in [0.717, 1.165) is 18.6 Å². The quantitative estimate of drug-likeness (QED) is 0.691. The molecule has 1 aliphatic heterocycles. The van der Waals surface area contributed by atoms with Gasteiger partial charge in [-0.15, -0.1) is 22.6 Å². The van der Waals surface area contributed by atoms with Gasteiger partial charge in [-0.1, -0.05) is 23.9 Å². The average molecular weight is 421 g/mol. The molecule has 26 heavy (non-hydrogen) atoms. The fourth-order valence-corrected chi connectivity index (χ4v) is 5.95. The van der Waals surface area contributed by atoms with Crippen molar-refractivity contribution in [3.63, 3.8) is 0 Å². The first kappa shape index (κ1) is 21.1. The summed E-state index contributed by atoms with van der Waals surface area (Å²) < 4.78 is 39.0. The summed E-state index contributed by atoms with van der Waals surface area (Å²) >= 11 is 1.47. The Labute approximate surface area is 163 Å². The second-order valence-electron chi connectivity index (χ2n) is 6.13. The molecule has 1 fully saturated rings. The minimum absolute atomic E-state index is 0. The van der Waals surface area contributed by atoms with E-state index in [9.17, 15) is 12.8 Å². The molecule has 0 bridgehead atoms. The van der Waals surface area contributed by atoms with E-state index < -0.39 is 9.84 Å². The van der Waals surface area contributed by atoms with Gasteiger partial charge >= 0.3 is 0 Å². The lowest BCUT2D eigenvalue weighted by atomic mass is 10.1. The van der Waals surface area contributed by atoms with Crippen molar-refractivity contribution in [3.8, 4) is 5.69 Å². The van der Waals surface area contributed by atoms with Crippen molar-refractivity contribution in [1.82, 2.24) is 14.8 Å². The molecule has 2 N–H and O–H groups in total. The molecule has 10 heteroatoms. The molecule has 144 valence electrons. The molecule has 1 saturated heterocycles. The van der Waals surface area contributed by atoms with Crippen LogP contribution in [0.2, 0.25) is 0 Å². The smallest absolute Gasteiger partial charge is 0.195 e. The second-order valence-corrected chi connectivity index (χ2v) is 9.42. The zero-order chi connectivity index (χ0) is 17.9. The van der Waals surface area contributed by atoms with E-state index in [1.54, 1.807) is 22.8 Å². The summed E-state index contributed by atoms with van der Waals surface area (Å²) in [6, 6.07) is 6.49. The van der Waals surface area contributed by atoms with Crippen LogP contribution in [-0.4, -0.2) is 47.0 Å². The molecule has 0 amide bonds. The lowest BCUT2D eigenvalue weighted by Gasteiger charge is -2.11. The number of hydrogen-bond donors (Lipinski definition) is 1. The van der Waals surface area contributed by atoms with Gasteiger partial charge in [-0.05, 0) is 37.4 Å². The van der Waals surface area contributed by atoms with Gasteiger partial charge in [0.25, 0.3) is 0 Å². The maximum Gasteiger partial charge on any atom is 0.195 e. The van der Waals surface area contributed by atoms with E-state index in [1.165, 1.54) is 17.8 Å². The van der Waals surface area contributed by atoms with E-state index >= 15 is 0 Å². The third-order valence-corrected chi connectivity index (χ3v) is 7.04. The fourth-order valence-electron chi connectivity index (χ4n) is 2.98. The van der Waals surface area contributed by atoms with Gasteiger partial charge < -0.3 is 5.73 Å². The van der Waals surface area contributed by atoms with E-state index in [0.29, 0.717) is 29.6 Å². The molecule has 1 atom stereocenters. The summed E-state index contributed by atoms with van der Waals surface area (Å²) in [5.41, 5.74) is 6.03. The molecule has 1 unspecified atom stereocenters. The number of rotatable bonds is 7. The second kappa shape index (κ2) is 9.16. The number of hydrogen-bond acceptors (Lipinski definition) is 6. The van der Waals surface area contributed by atoms with Crippen molar-refractivity contribution < 1.29 is 12.8 Å². The summed E-state index contributed by atoms with van der Waals surface area (Å²) in [5, 5.41) is 8.93. The van der Waals surface area contributed by atoms with Gasteiger partial charge in [0.15, 0.2) is 15.0 Å². The van der Waals surface area contributed by atoms with Gasteiger partial charge in [-0.2, -0.15) is 0 Å². The number of aromatic nitrogens is 3. The number of thioether (sulfide) groups is 1. The Morgan fingerprint density at radius 2 is 2.08 bits per heavy atom. The average Bonchev–Trinajstić information content (AvgIpc) is 3.12. The first-order valence-electron chi connectivity index (χ1n) is 8.22. The first-order valence-corrected chi connectivity index (χ1v) is 11.0. The monoisotopic (exact) mass is 420 g/mol. The van der Waals surface area contributed by atoms with Crippen molar-refractivity contribution in [2.24, 2.45) is 11.7 Å². The van der Waals surface area contributed by atoms with Crippen LogP contribution < -0.4 is 5.73 Å². The fraction of sp³-hybridized carbons (Fsp3) is 0.500. The molecule has 0 spiro atoms. The number of nitrogens with zero attached hydrogens (tertiary/aromatic N) is 3. The molecule has 2 heterocycles. The molecule has 6 nitrogen and oxygen atoms in total. The summed E-state index contributed by atoms with van der Waals surface area (Å²) in [4.78, 5) is 0. The summed E-state index contributed by atoms with van der Waals surface area (Å²) in [7, 11) is -2.86. The Balaban J connectivity index is 0.00000243. The van der Waals surface area contributed by atoms with Gasteiger partial charge in [0, 0.05) is 12.2 Å². The predicted octanol–water partition coefficient (Wildman–Crippen LogP) is 2.25. The minimum Gasteiger partial charge on any atom is -0.330 e. The molecule has 3 rings (SSSR count). The van der Waals surface area contributed by atoms with Crippen LogP contribution in [0.4, 0.5) is 4.39 Å². The van der Waals surface area contributed by atoms with Gasteiger partial charge in [0.05, 0.1) is 17.2 Å². The van der Waals surface area contributed by atoms with Crippen LogP contribution in [0.3, 0.4) is 0 Å². The number of benzene rings is 1. The molecule has 1 aromatic heterocycles. The van der Waals surface area contributed by atoms with Crippen LogP contribution in [0, 0.1) is 11.7 Å². The maximum absolute atomic E-state index is 14.2.